The van der Waals surface area contributed by atoms with E-state index in [0.717, 1.165) is 0 Å². The van der Waals surface area contributed by atoms with Crippen molar-refractivity contribution in [3.8, 4) is 0 Å². The Kier molecular flexibility index (Phi) is 5.87. The van der Waals surface area contributed by atoms with Crippen molar-refractivity contribution in [2.45, 2.75) is 31.5 Å². The number of nitrogens with one attached hydrogen (secondary N) is 1. The minimum Gasteiger partial charge on any atom is -0.466 e. The molecule has 1 unspecified atom stereocenters. The topological polar surface area (TPSA) is 92.3 Å². The Hall–Kier alpha value is -1.34. The average molecular weight is 272 g/mol. The largest absolute Gasteiger partial charge is 0.466 e. The molecule has 0 aliphatic carbocycles. The zero-order chi connectivity index (χ0) is 13.5. The molecule has 2 N–H and O–H groups in total. The maximum Gasteiger partial charge on any atom is 0.308 e. The van der Waals surface area contributed by atoms with Crippen LogP contribution in [-0.4, -0.2) is 39.5 Å². The minimum atomic E-state index is -0.820. The van der Waals surface area contributed by atoms with Gasteiger partial charge in [0.05, 0.1) is 19.1 Å². The van der Waals surface area contributed by atoms with E-state index < -0.39 is 12.1 Å². The highest BCUT2D eigenvalue weighted by Gasteiger charge is 2.12. The van der Waals surface area contributed by atoms with Crippen molar-refractivity contribution in [2.24, 2.45) is 0 Å². The molecule has 0 saturated heterocycles. The predicted molar refractivity (Wildman–Crippen MR) is 67.6 cm³/mol. The van der Waals surface area contributed by atoms with Gasteiger partial charge in [0.2, 0.25) is 0 Å². The van der Waals surface area contributed by atoms with Crippen molar-refractivity contribution in [1.29, 1.82) is 0 Å². The molecular weight excluding hydrogens is 256 g/mol. The van der Waals surface area contributed by atoms with E-state index in [2.05, 4.69) is 9.97 Å². The van der Waals surface area contributed by atoms with Gasteiger partial charge >= 0.3 is 5.97 Å². The fourth-order valence-corrected chi connectivity index (χ4v) is 2.12. The second kappa shape index (κ2) is 7.17. The van der Waals surface area contributed by atoms with Crippen LogP contribution in [0.3, 0.4) is 0 Å². The number of aliphatic hydroxyl groups is 1. The Bertz CT molecular complexity index is 461. The van der Waals surface area contributed by atoms with Crippen molar-refractivity contribution < 1.29 is 14.6 Å². The van der Waals surface area contributed by atoms with Gasteiger partial charge in [0.1, 0.15) is 0 Å². The molecule has 0 radical (unpaired) electrons. The zero-order valence-corrected chi connectivity index (χ0v) is 11.1. The lowest BCUT2D eigenvalue weighted by molar-refractivity contribution is -0.144. The molecule has 1 heterocycles. The van der Waals surface area contributed by atoms with E-state index in [1.807, 2.05) is 0 Å². The molecule has 0 spiro atoms. The summed E-state index contributed by atoms with van der Waals surface area (Å²) in [6.07, 6.45) is -0.878. The first-order chi connectivity index (χ1) is 8.51. The number of hydrogen-bond acceptors (Lipinski definition) is 6. The number of H-pyrrole nitrogens is 1. The normalized spacial score (nSPS) is 12.2. The van der Waals surface area contributed by atoms with Gasteiger partial charge in [-0.15, -0.1) is 0 Å². The smallest absolute Gasteiger partial charge is 0.308 e. The number of rotatable bonds is 6. The molecule has 7 heteroatoms. The third kappa shape index (κ3) is 5.33. The van der Waals surface area contributed by atoms with Gasteiger partial charge < -0.3 is 14.8 Å². The Morgan fingerprint density at radius 3 is 3.00 bits per heavy atom. The third-order valence-electron chi connectivity index (χ3n) is 1.97. The summed E-state index contributed by atoms with van der Waals surface area (Å²) in [4.78, 5) is 28.9. The number of aromatic amines is 1. The van der Waals surface area contributed by atoms with Crippen LogP contribution in [0.2, 0.25) is 0 Å². The summed E-state index contributed by atoms with van der Waals surface area (Å²) in [5, 5.41) is 10.0. The molecule has 100 valence electrons. The SMILES string of the molecule is CCOC(=O)CC(O)CSc1nc(C)cc(=O)[nH]1. The molecule has 0 amide bonds. The van der Waals surface area contributed by atoms with Crippen molar-refractivity contribution in [2.75, 3.05) is 12.4 Å². The number of ether oxygens (including phenoxy) is 1. The summed E-state index contributed by atoms with van der Waals surface area (Å²) in [7, 11) is 0. The van der Waals surface area contributed by atoms with Crippen LogP contribution < -0.4 is 5.56 Å². The first kappa shape index (κ1) is 14.7. The summed E-state index contributed by atoms with van der Waals surface area (Å²) in [6.45, 7) is 3.72. The molecule has 1 aromatic heterocycles. The standard InChI is InChI=1S/C11H16N2O4S/c1-3-17-10(16)5-8(14)6-18-11-12-7(2)4-9(15)13-11/h4,8,14H,3,5-6H2,1-2H3,(H,12,13,15). The summed E-state index contributed by atoms with van der Waals surface area (Å²) in [6, 6.07) is 1.39. The molecular formula is C11H16N2O4S. The number of carbonyl (C=O) groups excluding carboxylic acids is 1. The number of thioether (sulfide) groups is 1. The molecule has 0 saturated carbocycles. The van der Waals surface area contributed by atoms with Gasteiger partial charge in [-0.05, 0) is 13.8 Å². The predicted octanol–water partition coefficient (Wildman–Crippen LogP) is 0.485. The van der Waals surface area contributed by atoms with Crippen LogP contribution in [0.5, 0.6) is 0 Å². The van der Waals surface area contributed by atoms with E-state index in [4.69, 9.17) is 4.74 Å². The number of nitrogens with zero attached hydrogens (tertiary/aromatic N) is 1. The Balaban J connectivity index is 2.44. The van der Waals surface area contributed by atoms with Crippen LogP contribution in [-0.2, 0) is 9.53 Å². The van der Waals surface area contributed by atoms with Crippen LogP contribution in [0.1, 0.15) is 19.0 Å². The molecule has 0 aliphatic rings. The van der Waals surface area contributed by atoms with E-state index in [-0.39, 0.29) is 17.7 Å². The fraction of sp³-hybridized carbons (Fsp3) is 0.545. The molecule has 0 aromatic carbocycles. The monoisotopic (exact) mass is 272 g/mol. The van der Waals surface area contributed by atoms with Gasteiger partial charge in [-0.25, -0.2) is 4.98 Å². The maximum absolute atomic E-state index is 11.2. The van der Waals surface area contributed by atoms with Crippen molar-refractivity contribution in [3.05, 3.63) is 22.1 Å². The molecule has 18 heavy (non-hydrogen) atoms. The average Bonchev–Trinajstić information content (AvgIpc) is 2.25. The Labute approximate surface area is 109 Å². The lowest BCUT2D eigenvalue weighted by atomic mass is 10.3. The third-order valence-corrected chi connectivity index (χ3v) is 2.99. The second-order valence-corrected chi connectivity index (χ2v) is 4.67. The molecule has 6 nitrogen and oxygen atoms in total. The van der Waals surface area contributed by atoms with Gasteiger partial charge in [0.25, 0.3) is 5.56 Å². The van der Waals surface area contributed by atoms with Crippen LogP contribution in [0, 0.1) is 6.92 Å². The molecule has 1 rings (SSSR count). The van der Waals surface area contributed by atoms with E-state index in [1.165, 1.54) is 17.8 Å². The van der Waals surface area contributed by atoms with Crippen LogP contribution >= 0.6 is 11.8 Å². The zero-order valence-electron chi connectivity index (χ0n) is 10.3. The lowest BCUT2D eigenvalue weighted by Gasteiger charge is -2.09. The fourth-order valence-electron chi connectivity index (χ4n) is 1.27. The molecule has 1 aromatic rings. The van der Waals surface area contributed by atoms with Crippen LogP contribution in [0.15, 0.2) is 16.0 Å². The molecule has 0 bridgehead atoms. The van der Waals surface area contributed by atoms with Crippen molar-refractivity contribution in [3.63, 3.8) is 0 Å². The van der Waals surface area contributed by atoms with E-state index >= 15 is 0 Å². The summed E-state index contributed by atoms with van der Waals surface area (Å²) >= 11 is 1.19. The number of aliphatic hydroxyl groups excluding tert-OH is 1. The number of aromatic nitrogens is 2. The number of carbonyl (C=O) groups is 1. The quantitative estimate of drug-likeness (QED) is 0.444. The van der Waals surface area contributed by atoms with Gasteiger partial charge in [-0.2, -0.15) is 0 Å². The van der Waals surface area contributed by atoms with Crippen molar-refractivity contribution in [1.82, 2.24) is 9.97 Å². The summed E-state index contributed by atoms with van der Waals surface area (Å²) < 4.78 is 4.72. The molecule has 1 atom stereocenters. The van der Waals surface area contributed by atoms with Crippen molar-refractivity contribution >= 4 is 17.7 Å². The first-order valence-electron chi connectivity index (χ1n) is 5.55. The van der Waals surface area contributed by atoms with E-state index in [9.17, 15) is 14.7 Å². The number of esters is 1. The van der Waals surface area contributed by atoms with Gasteiger partial charge in [-0.3, -0.25) is 9.59 Å². The Morgan fingerprint density at radius 2 is 2.39 bits per heavy atom. The number of aryl methyl sites for hydroxylation is 1. The van der Waals surface area contributed by atoms with E-state index in [0.29, 0.717) is 17.5 Å². The van der Waals surface area contributed by atoms with E-state index in [1.54, 1.807) is 13.8 Å². The first-order valence-corrected chi connectivity index (χ1v) is 6.54. The summed E-state index contributed by atoms with van der Waals surface area (Å²) in [5.41, 5.74) is 0.381. The molecule has 0 fully saturated rings. The lowest BCUT2D eigenvalue weighted by Crippen LogP contribution is -2.18. The maximum atomic E-state index is 11.2. The highest BCUT2D eigenvalue weighted by atomic mass is 32.2. The highest BCUT2D eigenvalue weighted by molar-refractivity contribution is 7.99. The van der Waals surface area contributed by atoms with Gasteiger partial charge in [0.15, 0.2) is 5.16 Å². The van der Waals surface area contributed by atoms with Gasteiger partial charge in [-0.1, -0.05) is 11.8 Å². The van der Waals surface area contributed by atoms with Gasteiger partial charge in [0, 0.05) is 17.5 Å². The van der Waals surface area contributed by atoms with Crippen LogP contribution in [0.25, 0.3) is 0 Å². The molecule has 0 aliphatic heterocycles. The number of hydrogen-bond donors (Lipinski definition) is 2. The summed E-state index contributed by atoms with van der Waals surface area (Å²) in [5.74, 6) is -0.165. The Morgan fingerprint density at radius 1 is 1.67 bits per heavy atom. The van der Waals surface area contributed by atoms with Crippen LogP contribution in [0.4, 0.5) is 0 Å². The highest BCUT2D eigenvalue weighted by Crippen LogP contribution is 2.14. The minimum absolute atomic E-state index is 0.0586. The second-order valence-electron chi connectivity index (χ2n) is 3.67.